The predicted molar refractivity (Wildman–Crippen MR) is 209 cm³/mol. The molecular weight excluding hydrogens is 637 g/mol. The van der Waals surface area contributed by atoms with E-state index in [2.05, 4.69) is 153 Å². The van der Waals surface area contributed by atoms with Gasteiger partial charge in [0.15, 0.2) is 0 Å². The molecule has 12 rings (SSSR count). The molecule has 0 fully saturated rings. The predicted octanol–water partition coefficient (Wildman–Crippen LogP) is 11.6. The molecular formula is C47H28N4O. The zero-order valence-corrected chi connectivity index (χ0v) is 27.9. The Bertz CT molecular complexity index is 3050. The van der Waals surface area contributed by atoms with E-state index < -0.39 is 5.41 Å². The minimum atomic E-state index is -0.622. The fourth-order valence-corrected chi connectivity index (χ4v) is 9.40. The first-order valence-electron chi connectivity index (χ1n) is 17.6. The van der Waals surface area contributed by atoms with Crippen LogP contribution in [0.15, 0.2) is 175 Å². The lowest BCUT2D eigenvalue weighted by molar-refractivity contribution is 0.672. The van der Waals surface area contributed by atoms with Gasteiger partial charge in [-0.25, -0.2) is 0 Å². The maximum atomic E-state index is 6.81. The van der Waals surface area contributed by atoms with Gasteiger partial charge in [-0.3, -0.25) is 9.97 Å². The number of fused-ring (bicyclic) bond motifs is 16. The van der Waals surface area contributed by atoms with Gasteiger partial charge in [0.2, 0.25) is 0 Å². The Balaban J connectivity index is 1.28. The van der Waals surface area contributed by atoms with Crippen LogP contribution in [-0.4, -0.2) is 14.5 Å². The fraction of sp³-hybridized carbons (Fsp3) is 0.0213. The molecule has 0 amide bonds. The molecule has 10 aromatic rings. The fourth-order valence-electron chi connectivity index (χ4n) is 9.40. The van der Waals surface area contributed by atoms with Gasteiger partial charge in [0, 0.05) is 34.2 Å². The number of hydrogen-bond donors (Lipinski definition) is 0. The van der Waals surface area contributed by atoms with Crippen molar-refractivity contribution >= 4 is 60.8 Å². The van der Waals surface area contributed by atoms with E-state index in [1.807, 2.05) is 36.9 Å². The van der Waals surface area contributed by atoms with E-state index in [1.165, 1.54) is 55.5 Å². The highest BCUT2D eigenvalue weighted by Gasteiger charge is 2.51. The lowest BCUT2D eigenvalue weighted by atomic mass is 9.65. The van der Waals surface area contributed by atoms with E-state index in [0.29, 0.717) is 0 Å². The van der Waals surface area contributed by atoms with Crippen molar-refractivity contribution in [2.75, 3.05) is 4.90 Å². The Morgan fingerprint density at radius 1 is 0.519 bits per heavy atom. The Morgan fingerprint density at radius 2 is 1.21 bits per heavy atom. The van der Waals surface area contributed by atoms with Crippen molar-refractivity contribution in [2.45, 2.75) is 5.41 Å². The van der Waals surface area contributed by atoms with Crippen molar-refractivity contribution in [3.8, 4) is 16.8 Å². The SMILES string of the molecule is c1cncc(N(c2cccnc2)c2ccc3c(c2)C2(c4ccccc4-3)c3ccccc3-n3c4ccccc4c4c5oc6ccccc6c5cc2c43)c1. The molecule has 0 saturated carbocycles. The Kier molecular flexibility index (Phi) is 5.37. The van der Waals surface area contributed by atoms with Crippen molar-refractivity contribution < 1.29 is 4.42 Å². The van der Waals surface area contributed by atoms with E-state index in [-0.39, 0.29) is 0 Å². The van der Waals surface area contributed by atoms with Gasteiger partial charge in [0.25, 0.3) is 0 Å². The molecule has 0 radical (unpaired) electrons. The van der Waals surface area contributed by atoms with Crippen LogP contribution in [0.1, 0.15) is 22.3 Å². The quantitative estimate of drug-likeness (QED) is 0.189. The third-order valence-corrected chi connectivity index (χ3v) is 11.3. The molecule has 6 aromatic carbocycles. The average molecular weight is 665 g/mol. The van der Waals surface area contributed by atoms with Crippen molar-refractivity contribution in [3.63, 3.8) is 0 Å². The molecule has 2 aliphatic rings. The first-order valence-corrected chi connectivity index (χ1v) is 17.6. The van der Waals surface area contributed by atoms with Gasteiger partial charge in [-0.05, 0) is 94.0 Å². The molecule has 1 aliphatic heterocycles. The molecule has 4 aromatic heterocycles. The zero-order valence-electron chi connectivity index (χ0n) is 27.9. The normalized spacial score (nSPS) is 15.4. The van der Waals surface area contributed by atoms with Crippen LogP contribution in [0.4, 0.5) is 17.1 Å². The molecule has 0 bridgehead atoms. The highest BCUT2D eigenvalue weighted by Crippen LogP contribution is 2.62. The molecule has 5 heteroatoms. The minimum absolute atomic E-state index is 0.622. The van der Waals surface area contributed by atoms with Crippen LogP contribution in [0.25, 0.3) is 60.6 Å². The average Bonchev–Trinajstić information content (AvgIpc) is 3.85. The summed E-state index contributed by atoms with van der Waals surface area (Å²) in [5.74, 6) is 0. The van der Waals surface area contributed by atoms with Crippen molar-refractivity contribution in [1.82, 2.24) is 14.5 Å². The van der Waals surface area contributed by atoms with Gasteiger partial charge in [-0.1, -0.05) is 84.9 Å². The van der Waals surface area contributed by atoms with E-state index in [1.54, 1.807) is 0 Å². The molecule has 1 aliphatic carbocycles. The van der Waals surface area contributed by atoms with Gasteiger partial charge in [0.1, 0.15) is 11.2 Å². The summed E-state index contributed by atoms with van der Waals surface area (Å²) in [6, 6.07) is 52.8. The summed E-state index contributed by atoms with van der Waals surface area (Å²) in [6.07, 6.45) is 7.47. The lowest BCUT2D eigenvalue weighted by Gasteiger charge is -2.40. The van der Waals surface area contributed by atoms with Crippen LogP contribution in [0.2, 0.25) is 0 Å². The summed E-state index contributed by atoms with van der Waals surface area (Å²) in [5, 5.41) is 4.60. The van der Waals surface area contributed by atoms with E-state index in [9.17, 15) is 0 Å². The third kappa shape index (κ3) is 3.38. The first-order chi connectivity index (χ1) is 25.8. The molecule has 52 heavy (non-hydrogen) atoms. The molecule has 1 spiro atoms. The van der Waals surface area contributed by atoms with Crippen LogP contribution >= 0.6 is 0 Å². The maximum Gasteiger partial charge on any atom is 0.145 e. The Labute approximate surface area is 298 Å². The number of nitrogens with zero attached hydrogens (tertiary/aromatic N) is 4. The number of anilines is 3. The number of furan rings is 1. The van der Waals surface area contributed by atoms with E-state index in [0.717, 1.165) is 44.4 Å². The highest BCUT2D eigenvalue weighted by atomic mass is 16.3. The highest BCUT2D eigenvalue weighted by molar-refractivity contribution is 6.26. The van der Waals surface area contributed by atoms with Crippen LogP contribution in [0, 0.1) is 0 Å². The summed E-state index contributed by atoms with van der Waals surface area (Å²) in [7, 11) is 0. The van der Waals surface area contributed by atoms with Gasteiger partial charge in [-0.2, -0.15) is 0 Å². The second-order valence-corrected chi connectivity index (χ2v) is 13.8. The Morgan fingerprint density at radius 3 is 2.02 bits per heavy atom. The van der Waals surface area contributed by atoms with Crippen molar-refractivity contribution in [1.29, 1.82) is 0 Å². The smallest absolute Gasteiger partial charge is 0.145 e. The van der Waals surface area contributed by atoms with Crippen LogP contribution in [-0.2, 0) is 5.41 Å². The minimum Gasteiger partial charge on any atom is -0.455 e. The standard InChI is InChI=1S/C47H28N4O/c1-4-16-37-32(13-1)33-22-21-29(50(30-11-9-23-48-27-30)31-12-10-24-49-28-31)25-39(33)47(37)38-17-5-7-19-42(38)51-41-18-6-2-15-35(41)44-45(51)40(47)26-36-34-14-3-8-20-43(34)52-46(36)44/h1-28H. The summed E-state index contributed by atoms with van der Waals surface area (Å²) in [4.78, 5) is 11.3. The first kappa shape index (κ1) is 27.8. The van der Waals surface area contributed by atoms with Crippen LogP contribution in [0.3, 0.4) is 0 Å². The molecule has 5 heterocycles. The number of pyridine rings is 2. The van der Waals surface area contributed by atoms with Crippen LogP contribution in [0.5, 0.6) is 0 Å². The molecule has 242 valence electrons. The van der Waals surface area contributed by atoms with Crippen LogP contribution < -0.4 is 4.90 Å². The third-order valence-electron chi connectivity index (χ3n) is 11.3. The number of aromatic nitrogens is 3. The topological polar surface area (TPSA) is 47.1 Å². The van der Waals surface area contributed by atoms with E-state index >= 15 is 0 Å². The van der Waals surface area contributed by atoms with Gasteiger partial charge in [-0.15, -0.1) is 0 Å². The maximum absolute atomic E-state index is 6.81. The largest absolute Gasteiger partial charge is 0.455 e. The number of benzene rings is 6. The van der Waals surface area contributed by atoms with E-state index in [4.69, 9.17) is 4.42 Å². The monoisotopic (exact) mass is 664 g/mol. The molecule has 0 N–H and O–H groups in total. The summed E-state index contributed by atoms with van der Waals surface area (Å²) in [6.45, 7) is 0. The van der Waals surface area contributed by atoms with Gasteiger partial charge >= 0.3 is 0 Å². The molecule has 5 nitrogen and oxygen atoms in total. The summed E-state index contributed by atoms with van der Waals surface area (Å²) >= 11 is 0. The molecule has 0 saturated heterocycles. The van der Waals surface area contributed by atoms with Crippen molar-refractivity contribution in [2.24, 2.45) is 0 Å². The molecule has 1 unspecified atom stereocenters. The summed E-state index contributed by atoms with van der Waals surface area (Å²) in [5.41, 5.74) is 15.3. The second kappa shape index (κ2) is 10.1. The number of para-hydroxylation sites is 3. The van der Waals surface area contributed by atoms with Gasteiger partial charge < -0.3 is 13.9 Å². The zero-order chi connectivity index (χ0) is 34.0. The number of hydrogen-bond acceptors (Lipinski definition) is 4. The van der Waals surface area contributed by atoms with Gasteiger partial charge in [0.05, 0.1) is 51.3 Å². The second-order valence-electron chi connectivity index (χ2n) is 13.8. The van der Waals surface area contributed by atoms with Crippen molar-refractivity contribution in [3.05, 3.63) is 193 Å². The lowest BCUT2D eigenvalue weighted by Crippen LogP contribution is -2.33. The molecule has 1 atom stereocenters. The number of rotatable bonds is 3. The summed E-state index contributed by atoms with van der Waals surface area (Å²) < 4.78 is 9.29. The Hall–Kier alpha value is -6.98.